The van der Waals surface area contributed by atoms with E-state index in [4.69, 9.17) is 0 Å². The lowest BCUT2D eigenvalue weighted by molar-refractivity contribution is 0.276. The second-order valence-corrected chi connectivity index (χ2v) is 5.60. The van der Waals surface area contributed by atoms with Crippen LogP contribution in [0.25, 0.3) is 0 Å². The molecule has 1 heteroatoms. The molecule has 1 nitrogen and oxygen atoms in total. The molecule has 0 radical (unpaired) electrons. The highest BCUT2D eigenvalue weighted by atomic mass is 14.8. The number of allylic oxidation sites excluding steroid dienone is 3. The van der Waals surface area contributed by atoms with Crippen LogP contribution in [0.1, 0.15) is 53.9 Å². The Balaban J connectivity index is 2.71. The van der Waals surface area contributed by atoms with Gasteiger partial charge in [-0.3, -0.25) is 0 Å². The van der Waals surface area contributed by atoms with Crippen molar-refractivity contribution < 1.29 is 0 Å². The van der Waals surface area contributed by atoms with E-state index in [-0.39, 0.29) is 0 Å². The van der Waals surface area contributed by atoms with Crippen LogP contribution < -0.4 is 5.32 Å². The van der Waals surface area contributed by atoms with Crippen molar-refractivity contribution >= 4 is 0 Å². The molecule has 0 aromatic rings. The summed E-state index contributed by atoms with van der Waals surface area (Å²) in [5.74, 6) is 2.30. The fourth-order valence-electron chi connectivity index (χ4n) is 3.42. The van der Waals surface area contributed by atoms with Crippen molar-refractivity contribution in [2.24, 2.45) is 17.8 Å². The Labute approximate surface area is 114 Å². The van der Waals surface area contributed by atoms with Gasteiger partial charge in [0.2, 0.25) is 0 Å². The van der Waals surface area contributed by atoms with Gasteiger partial charge in [-0.15, -0.1) is 0 Å². The van der Waals surface area contributed by atoms with E-state index >= 15 is 0 Å². The van der Waals surface area contributed by atoms with E-state index in [2.05, 4.69) is 52.1 Å². The molecular formula is C17H31N. The molecule has 104 valence electrons. The second kappa shape index (κ2) is 7.78. The zero-order valence-corrected chi connectivity index (χ0v) is 12.9. The number of nitrogens with one attached hydrogen (secondary N) is 1. The molecule has 3 atom stereocenters. The summed E-state index contributed by atoms with van der Waals surface area (Å²) in [5.41, 5.74) is 3.27. The highest BCUT2D eigenvalue weighted by molar-refractivity contribution is 5.16. The lowest BCUT2D eigenvalue weighted by Crippen LogP contribution is -2.30. The maximum Gasteiger partial charge on any atom is 0.0167 e. The number of hydrogen-bond acceptors (Lipinski definition) is 1. The van der Waals surface area contributed by atoms with Crippen molar-refractivity contribution in [1.29, 1.82) is 0 Å². The summed E-state index contributed by atoms with van der Waals surface area (Å²) in [6.07, 6.45) is 8.63. The third kappa shape index (κ3) is 3.71. The predicted octanol–water partition coefficient (Wildman–Crippen LogP) is 4.56. The van der Waals surface area contributed by atoms with Gasteiger partial charge >= 0.3 is 0 Å². The van der Waals surface area contributed by atoms with Crippen molar-refractivity contribution in [3.05, 3.63) is 23.3 Å². The number of likely N-dealkylation sites (N-methyl/N-ethyl adjacent to an activating group) is 1. The van der Waals surface area contributed by atoms with E-state index in [1.165, 1.54) is 19.3 Å². The van der Waals surface area contributed by atoms with Crippen LogP contribution in [-0.2, 0) is 0 Å². The molecule has 0 spiro atoms. The molecule has 0 saturated heterocycles. The average molecular weight is 249 g/mol. The van der Waals surface area contributed by atoms with Gasteiger partial charge in [0.15, 0.2) is 0 Å². The van der Waals surface area contributed by atoms with Crippen molar-refractivity contribution in [2.45, 2.75) is 53.9 Å². The standard InChI is InChI=1S/C17H31N/c1-6-15(7-2)13(4)17-11-9-10-16(14(17)5)12-18-8-3/h6,10,13-14,17-18H,7-9,11-12H2,1-5H3/b15-6+/t13-,14?,17?/m0/s1. The fourth-order valence-corrected chi connectivity index (χ4v) is 3.42. The van der Waals surface area contributed by atoms with E-state index in [1.54, 1.807) is 11.1 Å². The first-order valence-electron chi connectivity index (χ1n) is 7.70. The van der Waals surface area contributed by atoms with E-state index in [9.17, 15) is 0 Å². The summed E-state index contributed by atoms with van der Waals surface area (Å²) in [5, 5.41) is 3.48. The molecule has 1 rings (SSSR count). The van der Waals surface area contributed by atoms with Gasteiger partial charge in [0.25, 0.3) is 0 Å². The molecule has 1 N–H and O–H groups in total. The molecule has 18 heavy (non-hydrogen) atoms. The van der Waals surface area contributed by atoms with Gasteiger partial charge in [-0.1, -0.05) is 51.0 Å². The molecule has 1 aliphatic carbocycles. The Kier molecular flexibility index (Phi) is 6.70. The monoisotopic (exact) mass is 249 g/mol. The van der Waals surface area contributed by atoms with E-state index in [0.717, 1.165) is 30.8 Å². The predicted molar refractivity (Wildman–Crippen MR) is 81.7 cm³/mol. The van der Waals surface area contributed by atoms with Crippen LogP contribution in [0.4, 0.5) is 0 Å². The smallest absolute Gasteiger partial charge is 0.0167 e. The highest BCUT2D eigenvalue weighted by Gasteiger charge is 2.29. The quantitative estimate of drug-likeness (QED) is 0.680. The maximum atomic E-state index is 3.48. The first-order chi connectivity index (χ1) is 8.65. The SMILES string of the molecule is C/C=C(\CC)[C@H](C)C1CCC=C(CNCC)C1C. The summed E-state index contributed by atoms with van der Waals surface area (Å²) < 4.78 is 0. The number of hydrogen-bond donors (Lipinski definition) is 1. The van der Waals surface area contributed by atoms with Gasteiger partial charge in [0.05, 0.1) is 0 Å². The first kappa shape index (κ1) is 15.5. The van der Waals surface area contributed by atoms with Gasteiger partial charge in [0.1, 0.15) is 0 Å². The summed E-state index contributed by atoms with van der Waals surface area (Å²) in [6.45, 7) is 13.7. The van der Waals surface area contributed by atoms with Crippen molar-refractivity contribution in [3.8, 4) is 0 Å². The topological polar surface area (TPSA) is 12.0 Å². The summed E-state index contributed by atoms with van der Waals surface area (Å²) in [4.78, 5) is 0. The van der Waals surface area contributed by atoms with Crippen LogP contribution in [0, 0.1) is 17.8 Å². The largest absolute Gasteiger partial charge is 0.313 e. The van der Waals surface area contributed by atoms with Crippen LogP contribution in [0.5, 0.6) is 0 Å². The minimum atomic E-state index is 0.731. The van der Waals surface area contributed by atoms with Crippen molar-refractivity contribution in [3.63, 3.8) is 0 Å². The molecule has 0 saturated carbocycles. The Bertz CT molecular complexity index is 301. The Morgan fingerprint density at radius 2 is 2.22 bits per heavy atom. The summed E-state index contributed by atoms with van der Waals surface area (Å²) in [7, 11) is 0. The van der Waals surface area contributed by atoms with Crippen LogP contribution in [0.15, 0.2) is 23.3 Å². The van der Waals surface area contributed by atoms with Crippen molar-refractivity contribution in [2.75, 3.05) is 13.1 Å². The molecule has 0 fully saturated rings. The highest BCUT2D eigenvalue weighted by Crippen LogP contribution is 2.38. The normalized spacial score (nSPS) is 26.9. The van der Waals surface area contributed by atoms with Gasteiger partial charge < -0.3 is 5.32 Å². The van der Waals surface area contributed by atoms with E-state index in [1.807, 2.05) is 0 Å². The molecule has 0 heterocycles. The zero-order valence-electron chi connectivity index (χ0n) is 12.9. The molecule has 0 aromatic carbocycles. The molecule has 1 aliphatic rings. The number of rotatable bonds is 6. The third-order valence-electron chi connectivity index (χ3n) is 4.72. The van der Waals surface area contributed by atoms with E-state index < -0.39 is 0 Å². The van der Waals surface area contributed by atoms with Gasteiger partial charge in [0, 0.05) is 6.54 Å². The maximum absolute atomic E-state index is 3.48. The lowest BCUT2D eigenvalue weighted by Gasteiger charge is -2.35. The summed E-state index contributed by atoms with van der Waals surface area (Å²) >= 11 is 0. The van der Waals surface area contributed by atoms with Gasteiger partial charge in [-0.25, -0.2) is 0 Å². The second-order valence-electron chi connectivity index (χ2n) is 5.60. The molecule has 0 amide bonds. The minimum Gasteiger partial charge on any atom is -0.313 e. The Morgan fingerprint density at radius 3 is 2.78 bits per heavy atom. The third-order valence-corrected chi connectivity index (χ3v) is 4.72. The molecule has 0 bridgehead atoms. The van der Waals surface area contributed by atoms with Gasteiger partial charge in [-0.05, 0) is 50.5 Å². The Hall–Kier alpha value is -0.560. The molecule has 2 unspecified atom stereocenters. The molecule has 0 aliphatic heterocycles. The van der Waals surface area contributed by atoms with Crippen LogP contribution in [-0.4, -0.2) is 13.1 Å². The molecular weight excluding hydrogens is 218 g/mol. The summed E-state index contributed by atoms with van der Waals surface area (Å²) in [6, 6.07) is 0. The fraction of sp³-hybridized carbons (Fsp3) is 0.765. The Morgan fingerprint density at radius 1 is 1.50 bits per heavy atom. The van der Waals surface area contributed by atoms with Gasteiger partial charge in [-0.2, -0.15) is 0 Å². The van der Waals surface area contributed by atoms with Crippen LogP contribution in [0.3, 0.4) is 0 Å². The lowest BCUT2D eigenvalue weighted by atomic mass is 9.70. The van der Waals surface area contributed by atoms with E-state index in [0.29, 0.717) is 0 Å². The van der Waals surface area contributed by atoms with Crippen LogP contribution in [0.2, 0.25) is 0 Å². The molecule has 0 aromatic heterocycles. The van der Waals surface area contributed by atoms with Crippen molar-refractivity contribution in [1.82, 2.24) is 5.32 Å². The zero-order chi connectivity index (χ0) is 13.5. The van der Waals surface area contributed by atoms with Crippen LogP contribution >= 0.6 is 0 Å². The minimum absolute atomic E-state index is 0.731. The first-order valence-corrected chi connectivity index (χ1v) is 7.70. The average Bonchev–Trinajstić information content (AvgIpc) is 2.39.